The maximum absolute atomic E-state index is 12.4. The van der Waals surface area contributed by atoms with Crippen molar-refractivity contribution in [1.82, 2.24) is 9.88 Å². The number of likely N-dealkylation sites (tertiary alicyclic amines) is 1. The zero-order valence-corrected chi connectivity index (χ0v) is 15.7. The predicted molar refractivity (Wildman–Crippen MR) is 104 cm³/mol. The number of fused-ring (bicyclic) bond motifs is 1. The molecule has 0 radical (unpaired) electrons. The van der Waals surface area contributed by atoms with Crippen LogP contribution >= 0.6 is 0 Å². The number of hydrogen-bond acceptors (Lipinski definition) is 6. The van der Waals surface area contributed by atoms with E-state index in [4.69, 9.17) is 14.4 Å². The molecule has 1 aromatic heterocycles. The van der Waals surface area contributed by atoms with Gasteiger partial charge in [-0.05, 0) is 49.2 Å². The minimum absolute atomic E-state index is 0.174. The van der Waals surface area contributed by atoms with Crippen LogP contribution in [0.4, 0.5) is 0 Å². The Morgan fingerprint density at radius 2 is 1.86 bits per heavy atom. The van der Waals surface area contributed by atoms with Gasteiger partial charge in [0.15, 0.2) is 18.1 Å². The zero-order chi connectivity index (χ0) is 20.2. The summed E-state index contributed by atoms with van der Waals surface area (Å²) in [5.74, 6) is 0.0883. The highest BCUT2D eigenvalue weighted by Crippen LogP contribution is 2.29. The van der Waals surface area contributed by atoms with Gasteiger partial charge in [0, 0.05) is 19.0 Å². The molecule has 4 rings (SSSR count). The third-order valence-electron chi connectivity index (χ3n) is 5.08. The number of para-hydroxylation sites is 2. The number of piperidine rings is 1. The number of nitriles is 1. The fraction of sp³-hybridized carbons (Fsp3) is 0.273. The lowest BCUT2D eigenvalue weighted by Crippen LogP contribution is -2.40. The second-order valence-electron chi connectivity index (χ2n) is 6.94. The second kappa shape index (κ2) is 8.15. The van der Waals surface area contributed by atoms with Crippen LogP contribution in [-0.2, 0) is 9.53 Å². The molecule has 0 N–H and O–H groups in total. The van der Waals surface area contributed by atoms with Gasteiger partial charge in [0.1, 0.15) is 5.52 Å². The molecule has 1 fully saturated rings. The summed E-state index contributed by atoms with van der Waals surface area (Å²) in [7, 11) is 0. The molecular formula is C22H19N3O4. The van der Waals surface area contributed by atoms with Crippen LogP contribution in [-0.4, -0.2) is 41.5 Å². The molecule has 7 nitrogen and oxygen atoms in total. The smallest absolute Gasteiger partial charge is 0.338 e. The first-order valence-corrected chi connectivity index (χ1v) is 9.44. The molecule has 0 saturated carbocycles. The number of ether oxygens (including phenoxy) is 1. The van der Waals surface area contributed by atoms with E-state index < -0.39 is 5.97 Å². The molecule has 1 saturated heterocycles. The number of aromatic nitrogens is 1. The summed E-state index contributed by atoms with van der Waals surface area (Å²) in [4.78, 5) is 30.7. The normalized spacial score (nSPS) is 14.5. The summed E-state index contributed by atoms with van der Waals surface area (Å²) in [5, 5.41) is 8.79. The lowest BCUT2D eigenvalue weighted by Gasteiger charge is -2.30. The summed E-state index contributed by atoms with van der Waals surface area (Å²) < 4.78 is 11.0. The van der Waals surface area contributed by atoms with E-state index in [0.717, 1.165) is 23.9 Å². The first kappa shape index (κ1) is 18.7. The van der Waals surface area contributed by atoms with Crippen LogP contribution in [0.2, 0.25) is 0 Å². The number of amides is 1. The monoisotopic (exact) mass is 389 g/mol. The fourth-order valence-corrected chi connectivity index (χ4v) is 3.42. The van der Waals surface area contributed by atoms with Crippen molar-refractivity contribution in [3.63, 3.8) is 0 Å². The van der Waals surface area contributed by atoms with Gasteiger partial charge in [-0.15, -0.1) is 0 Å². The van der Waals surface area contributed by atoms with E-state index in [0.29, 0.717) is 30.1 Å². The van der Waals surface area contributed by atoms with Crippen LogP contribution in [0.3, 0.4) is 0 Å². The molecule has 146 valence electrons. The van der Waals surface area contributed by atoms with Gasteiger partial charge in [-0.3, -0.25) is 4.79 Å². The van der Waals surface area contributed by atoms with Crippen molar-refractivity contribution in [1.29, 1.82) is 5.26 Å². The summed E-state index contributed by atoms with van der Waals surface area (Å²) >= 11 is 0. The number of benzene rings is 2. The molecule has 1 aliphatic rings. The Morgan fingerprint density at radius 3 is 2.55 bits per heavy atom. The number of carbonyl (C=O) groups excluding carboxylic acids is 2. The van der Waals surface area contributed by atoms with E-state index in [9.17, 15) is 9.59 Å². The quantitative estimate of drug-likeness (QED) is 0.636. The average Bonchev–Trinajstić information content (AvgIpc) is 3.22. The fourth-order valence-electron chi connectivity index (χ4n) is 3.42. The average molecular weight is 389 g/mol. The standard InChI is InChI=1S/C22H19N3O4/c23-13-15-5-7-17(8-6-15)22(27)28-14-20(26)25-11-9-16(10-12-25)21-24-18-3-1-2-4-19(18)29-21/h1-8,16H,9-12,14H2. The largest absolute Gasteiger partial charge is 0.452 e. The molecule has 1 amide bonds. The molecule has 3 aromatic rings. The Bertz CT molecular complexity index is 1040. The van der Waals surface area contributed by atoms with E-state index in [-0.39, 0.29) is 18.4 Å². The predicted octanol–water partition coefficient (Wildman–Crippen LogP) is 3.26. The number of nitrogens with zero attached hydrogens (tertiary/aromatic N) is 3. The lowest BCUT2D eigenvalue weighted by atomic mass is 9.97. The van der Waals surface area contributed by atoms with Crippen LogP contribution in [0, 0.1) is 11.3 Å². The van der Waals surface area contributed by atoms with Crippen LogP contribution < -0.4 is 0 Å². The third-order valence-corrected chi connectivity index (χ3v) is 5.08. The zero-order valence-electron chi connectivity index (χ0n) is 15.7. The van der Waals surface area contributed by atoms with Crippen molar-refractivity contribution in [2.75, 3.05) is 19.7 Å². The van der Waals surface area contributed by atoms with Gasteiger partial charge in [0.05, 0.1) is 17.2 Å². The van der Waals surface area contributed by atoms with Crippen molar-refractivity contribution in [3.8, 4) is 6.07 Å². The van der Waals surface area contributed by atoms with Crippen LogP contribution in [0.1, 0.15) is 40.6 Å². The Kier molecular flexibility index (Phi) is 5.25. The summed E-state index contributed by atoms with van der Waals surface area (Å²) in [6.45, 7) is 0.833. The van der Waals surface area contributed by atoms with Gasteiger partial charge >= 0.3 is 5.97 Å². The molecule has 0 unspecified atom stereocenters. The Labute approximate surface area is 167 Å². The van der Waals surface area contributed by atoms with Crippen molar-refractivity contribution in [2.45, 2.75) is 18.8 Å². The van der Waals surface area contributed by atoms with Gasteiger partial charge in [0.2, 0.25) is 0 Å². The summed E-state index contributed by atoms with van der Waals surface area (Å²) in [6, 6.07) is 15.7. The molecular weight excluding hydrogens is 370 g/mol. The van der Waals surface area contributed by atoms with Gasteiger partial charge in [-0.25, -0.2) is 9.78 Å². The Balaban J connectivity index is 1.28. The number of hydrogen-bond donors (Lipinski definition) is 0. The summed E-state index contributed by atoms with van der Waals surface area (Å²) in [6.07, 6.45) is 1.50. The van der Waals surface area contributed by atoms with Crippen LogP contribution in [0.5, 0.6) is 0 Å². The molecule has 0 aliphatic carbocycles. The maximum Gasteiger partial charge on any atom is 0.338 e. The molecule has 0 atom stereocenters. The topological polar surface area (TPSA) is 96.4 Å². The lowest BCUT2D eigenvalue weighted by molar-refractivity contribution is -0.135. The van der Waals surface area contributed by atoms with Gasteiger partial charge in [-0.2, -0.15) is 5.26 Å². The summed E-state index contributed by atoms with van der Waals surface area (Å²) in [5.41, 5.74) is 2.39. The van der Waals surface area contributed by atoms with Gasteiger partial charge in [-0.1, -0.05) is 12.1 Å². The third kappa shape index (κ3) is 4.11. The number of esters is 1. The highest BCUT2D eigenvalue weighted by atomic mass is 16.5. The van der Waals surface area contributed by atoms with Crippen molar-refractivity contribution in [3.05, 3.63) is 65.5 Å². The van der Waals surface area contributed by atoms with E-state index in [1.165, 1.54) is 24.3 Å². The molecule has 2 aromatic carbocycles. The van der Waals surface area contributed by atoms with Crippen molar-refractivity contribution < 1.29 is 18.7 Å². The van der Waals surface area contributed by atoms with Crippen molar-refractivity contribution >= 4 is 23.0 Å². The minimum Gasteiger partial charge on any atom is -0.452 e. The molecule has 2 heterocycles. The number of rotatable bonds is 4. The number of oxazole rings is 1. The van der Waals surface area contributed by atoms with Crippen LogP contribution in [0.15, 0.2) is 52.9 Å². The van der Waals surface area contributed by atoms with Crippen LogP contribution in [0.25, 0.3) is 11.1 Å². The maximum atomic E-state index is 12.4. The molecule has 0 spiro atoms. The molecule has 1 aliphatic heterocycles. The molecule has 7 heteroatoms. The van der Waals surface area contributed by atoms with E-state index in [2.05, 4.69) is 4.98 Å². The minimum atomic E-state index is -0.579. The first-order chi connectivity index (χ1) is 14.1. The Morgan fingerprint density at radius 1 is 1.14 bits per heavy atom. The molecule has 29 heavy (non-hydrogen) atoms. The highest BCUT2D eigenvalue weighted by Gasteiger charge is 2.27. The van der Waals surface area contributed by atoms with Gasteiger partial charge in [0.25, 0.3) is 5.91 Å². The van der Waals surface area contributed by atoms with Gasteiger partial charge < -0.3 is 14.1 Å². The second-order valence-corrected chi connectivity index (χ2v) is 6.94. The molecule has 0 bridgehead atoms. The van der Waals surface area contributed by atoms with E-state index in [1.54, 1.807) is 4.90 Å². The van der Waals surface area contributed by atoms with E-state index >= 15 is 0 Å². The first-order valence-electron chi connectivity index (χ1n) is 9.44. The number of carbonyl (C=O) groups is 2. The highest BCUT2D eigenvalue weighted by molar-refractivity contribution is 5.91. The van der Waals surface area contributed by atoms with E-state index in [1.807, 2.05) is 30.3 Å². The van der Waals surface area contributed by atoms with Crippen molar-refractivity contribution in [2.24, 2.45) is 0 Å². The Hall–Kier alpha value is -3.66. The SMILES string of the molecule is N#Cc1ccc(C(=O)OCC(=O)N2CCC(c3nc4ccccc4o3)CC2)cc1.